The van der Waals surface area contributed by atoms with Crippen molar-refractivity contribution < 1.29 is 19.1 Å². The molecule has 0 bridgehead atoms. The van der Waals surface area contributed by atoms with Crippen molar-refractivity contribution in [3.8, 4) is 5.75 Å². The number of amides is 3. The highest BCUT2D eigenvalue weighted by Gasteiger charge is 2.35. The molecule has 1 atom stereocenters. The topological polar surface area (TPSA) is 109 Å². The molecule has 8 heteroatoms. The molecule has 0 aliphatic carbocycles. The van der Waals surface area contributed by atoms with Gasteiger partial charge in [0.25, 0.3) is 5.91 Å². The summed E-state index contributed by atoms with van der Waals surface area (Å²) >= 11 is 0. The molecule has 3 amide bonds. The molecule has 1 aliphatic heterocycles. The number of rotatable bonds is 3. The molecule has 2 aromatic rings. The van der Waals surface area contributed by atoms with E-state index < -0.39 is 11.9 Å². The molecular formula is C18H22N4O4. The Labute approximate surface area is 150 Å². The fourth-order valence-corrected chi connectivity index (χ4v) is 3.46. The Bertz CT molecular complexity index is 889. The summed E-state index contributed by atoms with van der Waals surface area (Å²) in [4.78, 5) is 42.6. The highest BCUT2D eigenvalue weighted by molar-refractivity contribution is 6.02. The molecule has 0 spiro atoms. The van der Waals surface area contributed by atoms with Crippen molar-refractivity contribution in [3.63, 3.8) is 0 Å². The minimum atomic E-state index is -0.815. The lowest BCUT2D eigenvalue weighted by atomic mass is 10.1. The molecule has 1 aromatic carbocycles. The summed E-state index contributed by atoms with van der Waals surface area (Å²) in [5, 5.41) is 0.904. The van der Waals surface area contributed by atoms with Crippen LogP contribution in [0.15, 0.2) is 18.2 Å². The van der Waals surface area contributed by atoms with Gasteiger partial charge in [-0.3, -0.25) is 14.4 Å². The lowest BCUT2D eigenvalue weighted by Gasteiger charge is -2.39. The standard InChI is InChI=1S/C18H22N4O4/c1-10-12-5-4-6-14(26-3)16(12)20-15(10)18(25)21-7-8-22(11(2)23)13(9-21)17(19)24/h4-6,13,20H,7-9H2,1-3H3,(H2,19,24). The molecule has 3 rings (SSSR count). The number of hydrogen-bond acceptors (Lipinski definition) is 4. The van der Waals surface area contributed by atoms with Gasteiger partial charge in [0.15, 0.2) is 0 Å². The Kier molecular flexibility index (Phi) is 4.58. The van der Waals surface area contributed by atoms with Crippen LogP contribution in [0.2, 0.25) is 0 Å². The maximum Gasteiger partial charge on any atom is 0.270 e. The maximum absolute atomic E-state index is 13.0. The fraction of sp³-hybridized carbons (Fsp3) is 0.389. The number of aromatic nitrogens is 1. The van der Waals surface area contributed by atoms with E-state index in [0.717, 1.165) is 16.5 Å². The van der Waals surface area contributed by atoms with E-state index in [1.807, 2.05) is 25.1 Å². The Morgan fingerprint density at radius 2 is 2.00 bits per heavy atom. The Morgan fingerprint density at radius 3 is 2.62 bits per heavy atom. The first-order chi connectivity index (χ1) is 12.3. The quantitative estimate of drug-likeness (QED) is 0.839. The number of nitrogens with zero attached hydrogens (tertiary/aromatic N) is 2. The molecule has 1 aliphatic rings. The first kappa shape index (κ1) is 17.8. The van der Waals surface area contributed by atoms with E-state index in [9.17, 15) is 14.4 Å². The Hall–Kier alpha value is -3.03. The summed E-state index contributed by atoms with van der Waals surface area (Å²) < 4.78 is 5.35. The number of nitrogens with one attached hydrogen (secondary N) is 1. The van der Waals surface area contributed by atoms with Crippen LogP contribution in [0.25, 0.3) is 10.9 Å². The zero-order chi connectivity index (χ0) is 19.0. The second kappa shape index (κ2) is 6.70. The summed E-state index contributed by atoms with van der Waals surface area (Å²) in [5.74, 6) is -0.420. The summed E-state index contributed by atoms with van der Waals surface area (Å²) in [6, 6.07) is 4.79. The lowest BCUT2D eigenvalue weighted by Crippen LogP contribution is -2.60. The van der Waals surface area contributed by atoms with Crippen molar-refractivity contribution in [1.29, 1.82) is 0 Å². The lowest BCUT2D eigenvalue weighted by molar-refractivity contribution is -0.140. The van der Waals surface area contributed by atoms with E-state index in [4.69, 9.17) is 10.5 Å². The molecule has 8 nitrogen and oxygen atoms in total. The molecule has 0 saturated carbocycles. The smallest absolute Gasteiger partial charge is 0.270 e. The molecule has 1 unspecified atom stereocenters. The van der Waals surface area contributed by atoms with Crippen LogP contribution >= 0.6 is 0 Å². The van der Waals surface area contributed by atoms with Gasteiger partial charge in [0.1, 0.15) is 17.5 Å². The van der Waals surface area contributed by atoms with Crippen LogP contribution in [-0.2, 0) is 9.59 Å². The maximum atomic E-state index is 13.0. The fourth-order valence-electron chi connectivity index (χ4n) is 3.46. The average Bonchev–Trinajstić information content (AvgIpc) is 2.97. The van der Waals surface area contributed by atoms with E-state index in [-0.39, 0.29) is 24.9 Å². The van der Waals surface area contributed by atoms with Gasteiger partial charge in [-0.05, 0) is 18.6 Å². The third-order valence-corrected chi connectivity index (χ3v) is 4.89. The molecule has 3 N–H and O–H groups in total. The van der Waals surface area contributed by atoms with E-state index >= 15 is 0 Å². The number of carbonyl (C=O) groups is 3. The van der Waals surface area contributed by atoms with Crippen molar-refractivity contribution in [2.24, 2.45) is 5.73 Å². The SMILES string of the molecule is COc1cccc2c(C)c(C(=O)N3CCN(C(C)=O)C(C(N)=O)C3)[nH]c12. The number of hydrogen-bond donors (Lipinski definition) is 2. The van der Waals surface area contributed by atoms with Gasteiger partial charge >= 0.3 is 0 Å². The van der Waals surface area contributed by atoms with Gasteiger partial charge in [0.05, 0.1) is 19.2 Å². The predicted molar refractivity (Wildman–Crippen MR) is 95.9 cm³/mol. The largest absolute Gasteiger partial charge is 0.495 e. The number of H-pyrrole nitrogens is 1. The van der Waals surface area contributed by atoms with E-state index in [1.54, 1.807) is 12.0 Å². The normalized spacial score (nSPS) is 17.4. The number of primary amides is 1. The van der Waals surface area contributed by atoms with Gasteiger partial charge in [-0.1, -0.05) is 12.1 Å². The van der Waals surface area contributed by atoms with Crippen LogP contribution in [0.4, 0.5) is 0 Å². The van der Waals surface area contributed by atoms with Gasteiger partial charge in [-0.15, -0.1) is 0 Å². The summed E-state index contributed by atoms with van der Waals surface area (Å²) in [5.41, 5.74) is 7.45. The average molecular weight is 358 g/mol. The zero-order valence-corrected chi connectivity index (χ0v) is 15.0. The van der Waals surface area contributed by atoms with Gasteiger partial charge in [-0.25, -0.2) is 0 Å². The van der Waals surface area contributed by atoms with Crippen molar-refractivity contribution in [1.82, 2.24) is 14.8 Å². The van der Waals surface area contributed by atoms with E-state index in [1.165, 1.54) is 11.8 Å². The summed E-state index contributed by atoms with van der Waals surface area (Å²) in [6.45, 7) is 3.95. The van der Waals surface area contributed by atoms with Gasteiger partial charge in [-0.2, -0.15) is 0 Å². The number of ether oxygens (including phenoxy) is 1. The molecule has 1 aromatic heterocycles. The van der Waals surface area contributed by atoms with Gasteiger partial charge < -0.3 is 25.3 Å². The number of nitrogens with two attached hydrogens (primary N) is 1. The monoisotopic (exact) mass is 358 g/mol. The number of benzene rings is 1. The molecule has 138 valence electrons. The predicted octanol–water partition coefficient (Wildman–Crippen LogP) is 0.643. The molecule has 26 heavy (non-hydrogen) atoms. The molecule has 2 heterocycles. The van der Waals surface area contributed by atoms with Crippen LogP contribution in [-0.4, -0.2) is 65.3 Å². The van der Waals surface area contributed by atoms with Gasteiger partial charge in [0, 0.05) is 25.4 Å². The van der Waals surface area contributed by atoms with Crippen LogP contribution < -0.4 is 10.5 Å². The number of piperazine rings is 1. The highest BCUT2D eigenvalue weighted by atomic mass is 16.5. The van der Waals surface area contributed by atoms with Crippen LogP contribution in [0, 0.1) is 6.92 Å². The number of aromatic amines is 1. The number of fused-ring (bicyclic) bond motifs is 1. The third kappa shape index (κ3) is 2.87. The molecule has 1 fully saturated rings. The number of aryl methyl sites for hydroxylation is 1. The zero-order valence-electron chi connectivity index (χ0n) is 15.0. The van der Waals surface area contributed by atoms with E-state index in [2.05, 4.69) is 4.98 Å². The summed E-state index contributed by atoms with van der Waals surface area (Å²) in [7, 11) is 1.57. The third-order valence-electron chi connectivity index (χ3n) is 4.89. The van der Waals surface area contributed by atoms with Crippen molar-refractivity contribution in [3.05, 3.63) is 29.5 Å². The number of methoxy groups -OCH3 is 1. The number of carbonyl (C=O) groups excluding carboxylic acids is 3. The second-order valence-corrected chi connectivity index (χ2v) is 6.39. The van der Waals surface area contributed by atoms with E-state index in [0.29, 0.717) is 18.0 Å². The van der Waals surface area contributed by atoms with Crippen molar-refractivity contribution in [2.75, 3.05) is 26.7 Å². The van der Waals surface area contributed by atoms with Gasteiger partial charge in [0.2, 0.25) is 11.8 Å². The van der Waals surface area contributed by atoms with Crippen LogP contribution in [0.1, 0.15) is 23.0 Å². The Balaban J connectivity index is 1.93. The molecular weight excluding hydrogens is 336 g/mol. The van der Waals surface area contributed by atoms with Crippen LogP contribution in [0.5, 0.6) is 5.75 Å². The minimum absolute atomic E-state index is 0.0830. The van der Waals surface area contributed by atoms with Crippen molar-refractivity contribution >= 4 is 28.6 Å². The molecule has 0 radical (unpaired) electrons. The van der Waals surface area contributed by atoms with Crippen LogP contribution in [0.3, 0.4) is 0 Å². The second-order valence-electron chi connectivity index (χ2n) is 6.39. The number of para-hydroxylation sites is 1. The van der Waals surface area contributed by atoms with Crippen molar-refractivity contribution in [2.45, 2.75) is 19.9 Å². The first-order valence-corrected chi connectivity index (χ1v) is 8.36. The first-order valence-electron chi connectivity index (χ1n) is 8.36. The highest BCUT2D eigenvalue weighted by Crippen LogP contribution is 2.30. The molecule has 1 saturated heterocycles. The minimum Gasteiger partial charge on any atom is -0.495 e. The summed E-state index contributed by atoms with van der Waals surface area (Å²) in [6.07, 6.45) is 0. The Morgan fingerprint density at radius 1 is 1.27 bits per heavy atom.